The van der Waals surface area contributed by atoms with E-state index < -0.39 is 18.2 Å². The molecule has 2 unspecified atom stereocenters. The summed E-state index contributed by atoms with van der Waals surface area (Å²) in [5.41, 5.74) is 0.324. The Morgan fingerprint density at radius 3 is 2.54 bits per heavy atom. The zero-order valence-electron chi connectivity index (χ0n) is 7.99. The molecule has 0 saturated heterocycles. The van der Waals surface area contributed by atoms with Gasteiger partial charge in [0.15, 0.2) is 0 Å². The average Bonchev–Trinajstić information content (AvgIpc) is 2.03. The van der Waals surface area contributed by atoms with Crippen molar-refractivity contribution >= 4 is 5.97 Å². The second-order valence-electron chi connectivity index (χ2n) is 3.07. The smallest absolute Gasteiger partial charge is 0.333 e. The van der Waals surface area contributed by atoms with Crippen LogP contribution in [0.5, 0.6) is 0 Å². The highest BCUT2D eigenvalue weighted by Gasteiger charge is 2.13. The Kier molecular flexibility index (Phi) is 5.34. The lowest BCUT2D eigenvalue weighted by atomic mass is 10.2. The van der Waals surface area contributed by atoms with Crippen molar-refractivity contribution in [2.45, 2.75) is 32.5 Å². The van der Waals surface area contributed by atoms with Crippen molar-refractivity contribution in [3.8, 4) is 0 Å². The fourth-order valence-corrected chi connectivity index (χ4v) is 0.789. The minimum atomic E-state index is -0.840. The second-order valence-corrected chi connectivity index (χ2v) is 3.07. The van der Waals surface area contributed by atoms with E-state index in [1.165, 1.54) is 0 Å². The maximum Gasteiger partial charge on any atom is 0.333 e. The number of aliphatic hydroxyl groups is 2. The SMILES string of the molecule is C=C(C)C(=O)OC(C)CC(O)CO. The number of carbonyl (C=O) groups excluding carboxylic acids is 1. The van der Waals surface area contributed by atoms with Gasteiger partial charge >= 0.3 is 5.97 Å². The Bertz CT molecular complexity index is 188. The largest absolute Gasteiger partial charge is 0.459 e. The molecular formula is C9H16O4. The normalized spacial score (nSPS) is 14.8. The van der Waals surface area contributed by atoms with Gasteiger partial charge in [-0.2, -0.15) is 0 Å². The molecule has 13 heavy (non-hydrogen) atoms. The molecule has 2 N–H and O–H groups in total. The third-order valence-corrected chi connectivity index (χ3v) is 1.47. The Labute approximate surface area is 77.8 Å². The lowest BCUT2D eigenvalue weighted by Gasteiger charge is -2.15. The Morgan fingerprint density at radius 2 is 2.15 bits per heavy atom. The fourth-order valence-electron chi connectivity index (χ4n) is 0.789. The standard InChI is InChI=1S/C9H16O4/c1-6(2)9(12)13-7(3)4-8(11)5-10/h7-8,10-11H,1,4-5H2,2-3H3. The predicted octanol–water partition coefficient (Wildman–Crippen LogP) is 0.237. The van der Waals surface area contributed by atoms with Crippen LogP contribution in [0.25, 0.3) is 0 Å². The summed E-state index contributed by atoms with van der Waals surface area (Å²) in [6.45, 7) is 6.30. The van der Waals surface area contributed by atoms with Gasteiger partial charge in [0.25, 0.3) is 0 Å². The number of hydrogen-bond donors (Lipinski definition) is 2. The maximum atomic E-state index is 11.0. The summed E-state index contributed by atoms with van der Waals surface area (Å²) in [7, 11) is 0. The van der Waals surface area contributed by atoms with Crippen LogP contribution in [0.3, 0.4) is 0 Å². The first kappa shape index (κ1) is 12.1. The zero-order valence-corrected chi connectivity index (χ0v) is 7.99. The van der Waals surface area contributed by atoms with Crippen molar-refractivity contribution in [1.29, 1.82) is 0 Å². The molecule has 76 valence electrons. The van der Waals surface area contributed by atoms with Crippen LogP contribution in [0, 0.1) is 0 Å². The van der Waals surface area contributed by atoms with E-state index in [4.69, 9.17) is 14.9 Å². The number of rotatable bonds is 5. The van der Waals surface area contributed by atoms with Crippen molar-refractivity contribution in [3.05, 3.63) is 12.2 Å². The summed E-state index contributed by atoms with van der Waals surface area (Å²) in [6, 6.07) is 0. The van der Waals surface area contributed by atoms with Gasteiger partial charge in [0.2, 0.25) is 0 Å². The monoisotopic (exact) mass is 188 g/mol. The molecule has 0 aromatic carbocycles. The van der Waals surface area contributed by atoms with E-state index in [0.29, 0.717) is 5.57 Å². The molecule has 0 aliphatic rings. The number of ether oxygens (including phenoxy) is 1. The fraction of sp³-hybridized carbons (Fsp3) is 0.667. The molecule has 2 atom stereocenters. The maximum absolute atomic E-state index is 11.0. The molecule has 0 bridgehead atoms. The van der Waals surface area contributed by atoms with Crippen LogP contribution >= 0.6 is 0 Å². The third kappa shape index (κ3) is 5.38. The second kappa shape index (κ2) is 5.72. The van der Waals surface area contributed by atoms with Crippen LogP contribution in [0.15, 0.2) is 12.2 Å². The van der Waals surface area contributed by atoms with E-state index in [1.54, 1.807) is 13.8 Å². The molecule has 0 spiro atoms. The minimum Gasteiger partial charge on any atom is -0.459 e. The summed E-state index contributed by atoms with van der Waals surface area (Å²) >= 11 is 0. The lowest BCUT2D eigenvalue weighted by Crippen LogP contribution is -2.23. The van der Waals surface area contributed by atoms with Gasteiger partial charge in [-0.15, -0.1) is 0 Å². The summed E-state index contributed by atoms with van der Waals surface area (Å²) in [4.78, 5) is 11.0. The Balaban J connectivity index is 3.80. The van der Waals surface area contributed by atoms with E-state index >= 15 is 0 Å². The zero-order chi connectivity index (χ0) is 10.4. The number of hydrogen-bond acceptors (Lipinski definition) is 4. The topological polar surface area (TPSA) is 66.8 Å². The van der Waals surface area contributed by atoms with E-state index in [1.807, 2.05) is 0 Å². The molecule has 0 radical (unpaired) electrons. The first-order chi connectivity index (χ1) is 5.97. The molecule has 0 fully saturated rings. The molecule has 0 saturated carbocycles. The van der Waals surface area contributed by atoms with Crippen LogP contribution < -0.4 is 0 Å². The first-order valence-electron chi connectivity index (χ1n) is 4.12. The highest BCUT2D eigenvalue weighted by atomic mass is 16.5. The Morgan fingerprint density at radius 1 is 1.62 bits per heavy atom. The van der Waals surface area contributed by atoms with Crippen molar-refractivity contribution in [2.75, 3.05) is 6.61 Å². The molecule has 0 aliphatic heterocycles. The number of aliphatic hydroxyl groups excluding tert-OH is 2. The third-order valence-electron chi connectivity index (χ3n) is 1.47. The van der Waals surface area contributed by atoms with Crippen LogP contribution in [-0.4, -0.2) is 35.0 Å². The van der Waals surface area contributed by atoms with E-state index in [9.17, 15) is 4.79 Å². The quantitative estimate of drug-likeness (QED) is 0.479. The van der Waals surface area contributed by atoms with Crippen molar-refractivity contribution in [2.24, 2.45) is 0 Å². The van der Waals surface area contributed by atoms with Gasteiger partial charge in [0, 0.05) is 12.0 Å². The van der Waals surface area contributed by atoms with E-state index in [-0.39, 0.29) is 13.0 Å². The van der Waals surface area contributed by atoms with Gasteiger partial charge in [-0.05, 0) is 13.8 Å². The molecule has 4 heteroatoms. The van der Waals surface area contributed by atoms with Gasteiger partial charge in [-0.25, -0.2) is 4.79 Å². The molecule has 4 nitrogen and oxygen atoms in total. The summed E-state index contributed by atoms with van der Waals surface area (Å²) < 4.78 is 4.87. The molecule has 0 amide bonds. The molecule has 0 aromatic rings. The minimum absolute atomic E-state index is 0.232. The van der Waals surface area contributed by atoms with Crippen molar-refractivity contribution < 1.29 is 19.7 Å². The number of esters is 1. The van der Waals surface area contributed by atoms with Crippen molar-refractivity contribution in [3.63, 3.8) is 0 Å². The van der Waals surface area contributed by atoms with Gasteiger partial charge in [-0.1, -0.05) is 6.58 Å². The van der Waals surface area contributed by atoms with Gasteiger partial charge in [-0.3, -0.25) is 0 Å². The number of carbonyl (C=O) groups is 1. The van der Waals surface area contributed by atoms with Gasteiger partial charge < -0.3 is 14.9 Å². The summed E-state index contributed by atoms with van der Waals surface area (Å²) in [5, 5.41) is 17.5. The van der Waals surface area contributed by atoms with Crippen LogP contribution in [0.2, 0.25) is 0 Å². The van der Waals surface area contributed by atoms with E-state index in [0.717, 1.165) is 0 Å². The van der Waals surface area contributed by atoms with Crippen LogP contribution in [0.1, 0.15) is 20.3 Å². The predicted molar refractivity (Wildman–Crippen MR) is 48.1 cm³/mol. The lowest BCUT2D eigenvalue weighted by molar-refractivity contribution is -0.144. The van der Waals surface area contributed by atoms with E-state index in [2.05, 4.69) is 6.58 Å². The van der Waals surface area contributed by atoms with Crippen molar-refractivity contribution in [1.82, 2.24) is 0 Å². The highest BCUT2D eigenvalue weighted by molar-refractivity contribution is 5.87. The molecular weight excluding hydrogens is 172 g/mol. The first-order valence-corrected chi connectivity index (χ1v) is 4.12. The Hall–Kier alpha value is -0.870. The molecule has 0 rings (SSSR count). The van der Waals surface area contributed by atoms with Crippen LogP contribution in [-0.2, 0) is 9.53 Å². The van der Waals surface area contributed by atoms with Gasteiger partial charge in [0.05, 0.1) is 12.7 Å². The highest BCUT2D eigenvalue weighted by Crippen LogP contribution is 2.04. The summed E-state index contributed by atoms with van der Waals surface area (Å²) in [6.07, 6.45) is -1.02. The molecule has 0 aliphatic carbocycles. The molecule has 0 aromatic heterocycles. The van der Waals surface area contributed by atoms with Crippen LogP contribution in [0.4, 0.5) is 0 Å². The molecule has 0 heterocycles. The summed E-state index contributed by atoms with van der Waals surface area (Å²) in [5.74, 6) is -0.474. The average molecular weight is 188 g/mol. The van der Waals surface area contributed by atoms with Gasteiger partial charge in [0.1, 0.15) is 6.10 Å².